The van der Waals surface area contributed by atoms with Crippen LogP contribution in [-0.4, -0.2) is 53.6 Å². The third-order valence-corrected chi connectivity index (χ3v) is 12.1. The van der Waals surface area contributed by atoms with Crippen LogP contribution < -0.4 is 10.6 Å². The Labute approximate surface area is 308 Å². The van der Waals surface area contributed by atoms with Crippen molar-refractivity contribution in [1.82, 2.24) is 10.6 Å². The third kappa shape index (κ3) is 9.70. The van der Waals surface area contributed by atoms with Crippen molar-refractivity contribution in [3.05, 3.63) is 107 Å². The first-order valence-electron chi connectivity index (χ1n) is 19.6. The zero-order valence-corrected chi connectivity index (χ0v) is 32.3. The van der Waals surface area contributed by atoms with Crippen molar-refractivity contribution in [1.29, 1.82) is 0 Å². The minimum Gasteiger partial charge on any atom is -0.376 e. The average Bonchev–Trinajstić information content (AvgIpc) is 3.08. The number of carbonyl (C=O) groups excluding carboxylic acids is 2. The molecule has 5 rings (SSSR count). The maximum absolute atomic E-state index is 14.0. The second kappa shape index (κ2) is 16.9. The Bertz CT molecular complexity index is 1470. The summed E-state index contributed by atoms with van der Waals surface area (Å²) < 4.78 is 0.266. The van der Waals surface area contributed by atoms with Crippen LogP contribution in [0.1, 0.15) is 102 Å². The molecule has 2 aliphatic carbocycles. The number of hydrogen-bond acceptors (Lipinski definition) is 3. The number of hydrogen-bond donors (Lipinski definition) is 3. The van der Waals surface area contributed by atoms with Crippen molar-refractivity contribution in [3.63, 3.8) is 0 Å². The third-order valence-electron chi connectivity index (χ3n) is 12.1. The van der Waals surface area contributed by atoms with Crippen molar-refractivity contribution in [2.75, 3.05) is 20.1 Å². The fourth-order valence-corrected chi connectivity index (χ4v) is 9.25. The number of aliphatic hydroxyl groups is 1. The summed E-state index contributed by atoms with van der Waals surface area (Å²) in [6.45, 7) is 14.6. The van der Waals surface area contributed by atoms with Gasteiger partial charge in [0.1, 0.15) is 12.1 Å². The average molecular weight is 695 g/mol. The van der Waals surface area contributed by atoms with Gasteiger partial charge in [-0.3, -0.25) is 9.59 Å². The highest BCUT2D eigenvalue weighted by molar-refractivity contribution is 5.80. The lowest BCUT2D eigenvalue weighted by Gasteiger charge is -2.40. The summed E-state index contributed by atoms with van der Waals surface area (Å²) in [4.78, 5) is 27.9. The SMILES string of the molecule is CC(C)[C@@H]1CC[C@@H](C)C[C@H]1NC(=O)C[N+](C)(CC(=O)N[C@@H]1C[C@H](C)CC[C@H]1C(C)C)Cc1ccc(C(O)(c2ccccc2)c2ccccc2)cc1. The summed E-state index contributed by atoms with van der Waals surface area (Å²) in [6, 6.07) is 27.9. The molecule has 0 spiro atoms. The number of nitrogens with one attached hydrogen (secondary N) is 2. The molecule has 0 heterocycles. The molecular weight excluding hydrogens is 631 g/mol. The normalized spacial score (nSPS) is 24.4. The highest BCUT2D eigenvalue weighted by atomic mass is 16.3. The van der Waals surface area contributed by atoms with Gasteiger partial charge in [-0.15, -0.1) is 0 Å². The molecule has 0 aliphatic heterocycles. The molecule has 51 heavy (non-hydrogen) atoms. The number of benzene rings is 3. The molecule has 2 amide bonds. The molecule has 3 N–H and O–H groups in total. The molecule has 6 nitrogen and oxygen atoms in total. The molecule has 3 aromatic rings. The molecule has 3 aromatic carbocycles. The van der Waals surface area contributed by atoms with Gasteiger partial charge in [0.15, 0.2) is 13.1 Å². The quantitative estimate of drug-likeness (QED) is 0.125. The number of carbonyl (C=O) groups is 2. The molecule has 0 unspecified atom stereocenters. The summed E-state index contributed by atoms with van der Waals surface area (Å²) in [5.41, 5.74) is 2.05. The maximum Gasteiger partial charge on any atom is 0.275 e. The summed E-state index contributed by atoms with van der Waals surface area (Å²) >= 11 is 0. The molecule has 0 aromatic heterocycles. The van der Waals surface area contributed by atoms with Crippen LogP contribution in [0.2, 0.25) is 0 Å². The van der Waals surface area contributed by atoms with Crippen LogP contribution in [0.15, 0.2) is 84.9 Å². The van der Waals surface area contributed by atoms with E-state index in [1.54, 1.807) is 0 Å². The van der Waals surface area contributed by atoms with E-state index in [1.165, 1.54) is 12.8 Å². The number of rotatable bonds is 13. The van der Waals surface area contributed by atoms with Gasteiger partial charge in [0.2, 0.25) is 0 Å². The fourth-order valence-electron chi connectivity index (χ4n) is 9.25. The topological polar surface area (TPSA) is 78.4 Å². The Morgan fingerprint density at radius 3 is 1.45 bits per heavy atom. The lowest BCUT2D eigenvalue weighted by atomic mass is 9.74. The smallest absolute Gasteiger partial charge is 0.275 e. The van der Waals surface area contributed by atoms with Crippen molar-refractivity contribution < 1.29 is 19.2 Å². The molecule has 2 aliphatic rings. The van der Waals surface area contributed by atoms with Crippen LogP contribution >= 0.6 is 0 Å². The van der Waals surface area contributed by atoms with Gasteiger partial charge in [-0.2, -0.15) is 0 Å². The predicted molar refractivity (Wildman–Crippen MR) is 208 cm³/mol. The van der Waals surface area contributed by atoms with Crippen molar-refractivity contribution in [3.8, 4) is 0 Å². The van der Waals surface area contributed by atoms with Crippen LogP contribution in [0, 0.1) is 35.5 Å². The molecule has 0 saturated heterocycles. The first kappa shape index (κ1) is 38.7. The Morgan fingerprint density at radius 2 is 1.06 bits per heavy atom. The molecule has 276 valence electrons. The van der Waals surface area contributed by atoms with Gasteiger partial charge in [0, 0.05) is 17.6 Å². The van der Waals surface area contributed by atoms with E-state index in [0.717, 1.165) is 47.9 Å². The van der Waals surface area contributed by atoms with Gasteiger partial charge >= 0.3 is 0 Å². The van der Waals surface area contributed by atoms with Crippen molar-refractivity contribution >= 4 is 11.8 Å². The summed E-state index contributed by atoms with van der Waals surface area (Å²) in [6.07, 6.45) is 6.70. The lowest BCUT2D eigenvalue weighted by molar-refractivity contribution is -0.907. The van der Waals surface area contributed by atoms with Crippen LogP contribution in [0.4, 0.5) is 0 Å². The monoisotopic (exact) mass is 694 g/mol. The molecule has 2 saturated carbocycles. The summed E-state index contributed by atoms with van der Waals surface area (Å²) in [5.74, 6) is 3.15. The second-order valence-electron chi connectivity index (χ2n) is 17.2. The van der Waals surface area contributed by atoms with Crippen LogP contribution in [0.25, 0.3) is 0 Å². The van der Waals surface area contributed by atoms with E-state index in [9.17, 15) is 14.7 Å². The van der Waals surface area contributed by atoms with Gasteiger partial charge in [-0.05, 0) is 77.9 Å². The van der Waals surface area contributed by atoms with E-state index in [2.05, 4.69) is 52.2 Å². The van der Waals surface area contributed by atoms with Gasteiger partial charge in [0.25, 0.3) is 11.8 Å². The molecular formula is C45H64N3O3+. The van der Waals surface area contributed by atoms with E-state index in [4.69, 9.17) is 0 Å². The van der Waals surface area contributed by atoms with E-state index in [0.29, 0.717) is 42.1 Å². The highest BCUT2D eigenvalue weighted by Crippen LogP contribution is 2.38. The summed E-state index contributed by atoms with van der Waals surface area (Å²) in [5, 5.41) is 19.2. The van der Waals surface area contributed by atoms with E-state index < -0.39 is 5.60 Å². The summed E-state index contributed by atoms with van der Waals surface area (Å²) in [7, 11) is 2.05. The van der Waals surface area contributed by atoms with Crippen molar-refractivity contribution in [2.24, 2.45) is 35.5 Å². The maximum atomic E-state index is 14.0. The van der Waals surface area contributed by atoms with E-state index in [-0.39, 0.29) is 41.5 Å². The zero-order chi connectivity index (χ0) is 36.8. The second-order valence-corrected chi connectivity index (χ2v) is 17.2. The van der Waals surface area contributed by atoms with Gasteiger partial charge in [0.05, 0.1) is 7.05 Å². The number of quaternary nitrogens is 1. The van der Waals surface area contributed by atoms with Crippen LogP contribution in [0.3, 0.4) is 0 Å². The Kier molecular flexibility index (Phi) is 12.8. The number of likely N-dealkylation sites (N-methyl/N-ethyl adjacent to an activating group) is 1. The molecule has 0 bridgehead atoms. The number of amides is 2. The first-order chi connectivity index (χ1) is 24.3. The first-order valence-corrected chi connectivity index (χ1v) is 19.6. The fraction of sp³-hybridized carbons (Fsp3) is 0.556. The Balaban J connectivity index is 1.40. The van der Waals surface area contributed by atoms with Crippen LogP contribution in [0.5, 0.6) is 0 Å². The minimum atomic E-state index is -1.33. The standard InChI is InChI=1S/C45H63N3O3/c1-31(2)39-24-18-33(5)26-41(39)46-43(49)29-48(7,30-44(50)47-42-27-34(6)19-25-40(42)32(3)4)28-35-20-22-38(23-21-35)45(51,36-14-10-8-11-15-36)37-16-12-9-13-17-37/h8-17,20-23,31-34,39-42,51H,18-19,24-30H2,1-7H3,(H-,46,47,49,50)/p+1/t33-,34-,39+,40+,41-,42-/m1/s1. The molecule has 0 radical (unpaired) electrons. The molecule has 6 heteroatoms. The lowest BCUT2D eigenvalue weighted by Crippen LogP contribution is -2.58. The zero-order valence-electron chi connectivity index (χ0n) is 32.3. The van der Waals surface area contributed by atoms with Gasteiger partial charge < -0.3 is 20.2 Å². The van der Waals surface area contributed by atoms with E-state index >= 15 is 0 Å². The predicted octanol–water partition coefficient (Wildman–Crippen LogP) is 8.07. The van der Waals surface area contributed by atoms with Crippen molar-refractivity contribution in [2.45, 2.75) is 104 Å². The molecule has 6 atom stereocenters. The van der Waals surface area contributed by atoms with Gasteiger partial charge in [-0.1, -0.05) is 139 Å². The largest absolute Gasteiger partial charge is 0.376 e. The number of nitrogens with zero attached hydrogens (tertiary/aromatic N) is 1. The van der Waals surface area contributed by atoms with E-state index in [1.807, 2.05) is 92.0 Å². The minimum absolute atomic E-state index is 0.0144. The highest BCUT2D eigenvalue weighted by Gasteiger charge is 2.38. The van der Waals surface area contributed by atoms with Gasteiger partial charge in [-0.25, -0.2) is 0 Å². The molecule has 2 fully saturated rings. The van der Waals surface area contributed by atoms with Crippen LogP contribution in [-0.2, 0) is 21.7 Å². The Hall–Kier alpha value is -3.48. The Morgan fingerprint density at radius 1 is 0.667 bits per heavy atom.